The number of carbonyl (C=O) groups excluding carboxylic acids is 2. The summed E-state index contributed by atoms with van der Waals surface area (Å²) < 4.78 is 0. The van der Waals surface area contributed by atoms with Crippen molar-refractivity contribution in [3.63, 3.8) is 0 Å². The quantitative estimate of drug-likeness (QED) is 0.760. The largest absolute Gasteiger partial charge is 0.367 e. The van der Waals surface area contributed by atoms with Gasteiger partial charge < -0.3 is 16.4 Å². The van der Waals surface area contributed by atoms with Crippen LogP contribution in [0, 0.1) is 0 Å². The molecule has 6 heteroatoms. The summed E-state index contributed by atoms with van der Waals surface area (Å²) in [5.74, 6) is -0.717. The topological polar surface area (TPSA) is 84.2 Å². The lowest BCUT2D eigenvalue weighted by molar-refractivity contribution is -0.131. The molecule has 0 radical (unpaired) electrons. The molecule has 5 nitrogen and oxygen atoms in total. The van der Waals surface area contributed by atoms with Gasteiger partial charge in [0.05, 0.1) is 0 Å². The highest BCUT2D eigenvalue weighted by molar-refractivity contribution is 5.91. The first-order chi connectivity index (χ1) is 9.52. The Hall–Kier alpha value is -1.59. The van der Waals surface area contributed by atoms with Gasteiger partial charge in [0.15, 0.2) is 0 Å². The molecule has 4 N–H and O–H groups in total. The first kappa shape index (κ1) is 17.5. The molecule has 2 rings (SSSR count). The first-order valence-corrected chi connectivity index (χ1v) is 6.92. The van der Waals surface area contributed by atoms with Gasteiger partial charge in [-0.1, -0.05) is 30.3 Å². The molecule has 1 aromatic carbocycles. The lowest BCUT2D eigenvalue weighted by atomic mass is 9.91. The Morgan fingerprint density at radius 1 is 1.38 bits per heavy atom. The maximum atomic E-state index is 12.1. The summed E-state index contributed by atoms with van der Waals surface area (Å²) in [7, 11) is 0. The Kier molecular flexibility index (Phi) is 6.18. The van der Waals surface area contributed by atoms with E-state index in [4.69, 9.17) is 5.73 Å². The fourth-order valence-electron chi connectivity index (χ4n) is 2.53. The standard InChI is InChI=1S/C15H21N3O2.ClH/c1-15(14(16)20,11-6-3-2-4-7-11)18-13(19)10-12-8-5-9-17-12;/h2-4,6-7,12,17H,5,8-10H2,1H3,(H2,16,20)(H,18,19);1H. The smallest absolute Gasteiger partial charge is 0.247 e. The number of hydrogen-bond donors (Lipinski definition) is 3. The highest BCUT2D eigenvalue weighted by Gasteiger charge is 2.35. The van der Waals surface area contributed by atoms with Crippen LogP contribution in [-0.4, -0.2) is 24.4 Å². The van der Waals surface area contributed by atoms with Crippen molar-refractivity contribution in [2.75, 3.05) is 6.54 Å². The second kappa shape index (κ2) is 7.43. The van der Waals surface area contributed by atoms with Crippen molar-refractivity contribution in [2.24, 2.45) is 5.73 Å². The molecule has 2 amide bonds. The zero-order valence-corrected chi connectivity index (χ0v) is 12.9. The van der Waals surface area contributed by atoms with Crippen molar-refractivity contribution in [1.29, 1.82) is 0 Å². The summed E-state index contributed by atoms with van der Waals surface area (Å²) in [6.07, 6.45) is 2.45. The van der Waals surface area contributed by atoms with Crippen molar-refractivity contribution < 1.29 is 9.59 Å². The normalized spacial score (nSPS) is 20.1. The Labute approximate surface area is 131 Å². The van der Waals surface area contributed by atoms with Gasteiger partial charge in [-0.3, -0.25) is 9.59 Å². The molecule has 2 atom stereocenters. The van der Waals surface area contributed by atoms with E-state index in [1.165, 1.54) is 0 Å². The lowest BCUT2D eigenvalue weighted by Gasteiger charge is -2.28. The fraction of sp³-hybridized carbons (Fsp3) is 0.467. The molecule has 0 aliphatic carbocycles. The molecule has 0 bridgehead atoms. The fourth-order valence-corrected chi connectivity index (χ4v) is 2.53. The monoisotopic (exact) mass is 311 g/mol. The van der Waals surface area contributed by atoms with Crippen LogP contribution in [0.5, 0.6) is 0 Å². The predicted molar refractivity (Wildman–Crippen MR) is 84.0 cm³/mol. The van der Waals surface area contributed by atoms with E-state index in [1.807, 2.05) is 18.2 Å². The zero-order valence-electron chi connectivity index (χ0n) is 12.1. The molecule has 0 aromatic heterocycles. The van der Waals surface area contributed by atoms with Gasteiger partial charge in [0, 0.05) is 12.5 Å². The predicted octanol–water partition coefficient (Wildman–Crippen LogP) is 1.07. The van der Waals surface area contributed by atoms with Gasteiger partial charge in [0.1, 0.15) is 5.54 Å². The van der Waals surface area contributed by atoms with E-state index in [0.717, 1.165) is 19.4 Å². The van der Waals surface area contributed by atoms with Gasteiger partial charge >= 0.3 is 0 Å². The van der Waals surface area contributed by atoms with E-state index in [0.29, 0.717) is 12.0 Å². The molecule has 2 unspecified atom stereocenters. The van der Waals surface area contributed by atoms with E-state index < -0.39 is 11.4 Å². The number of nitrogens with one attached hydrogen (secondary N) is 2. The molecule has 1 saturated heterocycles. The van der Waals surface area contributed by atoms with Crippen LogP contribution in [-0.2, 0) is 15.1 Å². The van der Waals surface area contributed by atoms with E-state index in [1.54, 1.807) is 19.1 Å². The minimum Gasteiger partial charge on any atom is -0.367 e. The highest BCUT2D eigenvalue weighted by atomic mass is 35.5. The summed E-state index contributed by atoms with van der Waals surface area (Å²) in [6.45, 7) is 2.59. The third-order valence-corrected chi connectivity index (χ3v) is 3.83. The maximum Gasteiger partial charge on any atom is 0.247 e. The van der Waals surface area contributed by atoms with E-state index >= 15 is 0 Å². The van der Waals surface area contributed by atoms with Crippen molar-refractivity contribution in [3.8, 4) is 0 Å². The molecule has 1 fully saturated rings. The van der Waals surface area contributed by atoms with Crippen LogP contribution in [0.4, 0.5) is 0 Å². The van der Waals surface area contributed by atoms with Crippen LogP contribution >= 0.6 is 12.4 Å². The molecule has 1 aromatic rings. The number of benzene rings is 1. The van der Waals surface area contributed by atoms with Gasteiger partial charge in [-0.15, -0.1) is 12.4 Å². The summed E-state index contributed by atoms with van der Waals surface area (Å²) in [4.78, 5) is 23.9. The van der Waals surface area contributed by atoms with Gasteiger partial charge in [0.2, 0.25) is 11.8 Å². The zero-order chi connectivity index (χ0) is 14.6. The number of amides is 2. The van der Waals surface area contributed by atoms with Crippen LogP contribution in [0.15, 0.2) is 30.3 Å². The molecule has 1 aliphatic rings. The second-order valence-electron chi connectivity index (χ2n) is 5.40. The Balaban J connectivity index is 0.00000220. The molecular formula is C15H22ClN3O2. The van der Waals surface area contributed by atoms with Gasteiger partial charge in [0.25, 0.3) is 0 Å². The third-order valence-electron chi connectivity index (χ3n) is 3.83. The van der Waals surface area contributed by atoms with Crippen LogP contribution < -0.4 is 16.4 Å². The Bertz CT molecular complexity index is 489. The SMILES string of the molecule is CC(NC(=O)CC1CCCN1)(C(N)=O)c1ccccc1.Cl. The third kappa shape index (κ3) is 4.19. The van der Waals surface area contributed by atoms with Crippen molar-refractivity contribution in [3.05, 3.63) is 35.9 Å². The molecule has 1 aliphatic heterocycles. The molecule has 1 heterocycles. The average Bonchev–Trinajstić information content (AvgIpc) is 2.92. The highest BCUT2D eigenvalue weighted by Crippen LogP contribution is 2.21. The van der Waals surface area contributed by atoms with E-state index in [9.17, 15) is 9.59 Å². The maximum absolute atomic E-state index is 12.1. The number of carbonyl (C=O) groups is 2. The van der Waals surface area contributed by atoms with Gasteiger partial charge in [-0.25, -0.2) is 0 Å². The molecular weight excluding hydrogens is 290 g/mol. The number of rotatable bonds is 5. The number of primary amides is 1. The summed E-state index contributed by atoms with van der Waals surface area (Å²) in [5.41, 5.74) is 5.02. The van der Waals surface area contributed by atoms with Crippen LogP contribution in [0.2, 0.25) is 0 Å². The first-order valence-electron chi connectivity index (χ1n) is 6.92. The summed E-state index contributed by atoms with van der Waals surface area (Å²) in [6, 6.07) is 9.28. The van der Waals surface area contributed by atoms with E-state index in [-0.39, 0.29) is 24.4 Å². The van der Waals surface area contributed by atoms with Crippen LogP contribution in [0.25, 0.3) is 0 Å². The second-order valence-corrected chi connectivity index (χ2v) is 5.40. The number of nitrogens with two attached hydrogens (primary N) is 1. The lowest BCUT2D eigenvalue weighted by Crippen LogP contribution is -2.53. The van der Waals surface area contributed by atoms with Crippen LogP contribution in [0.1, 0.15) is 31.7 Å². The van der Waals surface area contributed by atoms with Crippen molar-refractivity contribution in [2.45, 2.75) is 37.8 Å². The van der Waals surface area contributed by atoms with Crippen LogP contribution in [0.3, 0.4) is 0 Å². The van der Waals surface area contributed by atoms with Gasteiger partial charge in [-0.2, -0.15) is 0 Å². The molecule has 0 spiro atoms. The number of hydrogen-bond acceptors (Lipinski definition) is 3. The van der Waals surface area contributed by atoms with Crippen molar-refractivity contribution >= 4 is 24.2 Å². The summed E-state index contributed by atoms with van der Waals surface area (Å²) >= 11 is 0. The van der Waals surface area contributed by atoms with Crippen molar-refractivity contribution in [1.82, 2.24) is 10.6 Å². The Morgan fingerprint density at radius 3 is 2.57 bits per heavy atom. The minimum atomic E-state index is -1.17. The average molecular weight is 312 g/mol. The van der Waals surface area contributed by atoms with Gasteiger partial charge in [-0.05, 0) is 31.9 Å². The molecule has 0 saturated carbocycles. The number of halogens is 1. The summed E-state index contributed by atoms with van der Waals surface area (Å²) in [5, 5.41) is 6.05. The molecule has 21 heavy (non-hydrogen) atoms. The van der Waals surface area contributed by atoms with E-state index in [2.05, 4.69) is 10.6 Å². The minimum absolute atomic E-state index is 0. The Morgan fingerprint density at radius 2 is 2.05 bits per heavy atom. The molecule has 116 valence electrons.